The van der Waals surface area contributed by atoms with Gasteiger partial charge in [-0.15, -0.1) is 0 Å². The lowest BCUT2D eigenvalue weighted by atomic mass is 10.1. The number of carbonyl (C=O) groups is 1. The molecule has 1 saturated heterocycles. The van der Waals surface area contributed by atoms with Crippen molar-refractivity contribution in [3.63, 3.8) is 0 Å². The number of nitrogens with zero attached hydrogens (tertiary/aromatic N) is 1. The molecular formula is C22H21Cl2NO4S2. The summed E-state index contributed by atoms with van der Waals surface area (Å²) in [6, 6.07) is 10.9. The largest absolute Gasteiger partial charge is 0.492 e. The molecule has 1 amide bonds. The van der Waals surface area contributed by atoms with Gasteiger partial charge >= 0.3 is 0 Å². The number of benzene rings is 2. The molecule has 1 fully saturated rings. The number of carbonyl (C=O) groups excluding carboxylic acids is 1. The van der Waals surface area contributed by atoms with E-state index in [1.807, 2.05) is 25.1 Å². The van der Waals surface area contributed by atoms with Crippen LogP contribution < -0.4 is 14.2 Å². The van der Waals surface area contributed by atoms with Crippen LogP contribution in [0.15, 0.2) is 41.3 Å². The SMILES string of the molecule is CCOc1cc(/C=C2\SC(=S)N(C)C2=O)cc(Cl)c1OCCCOc1ccccc1Cl. The maximum Gasteiger partial charge on any atom is 0.265 e. The Morgan fingerprint density at radius 1 is 1.06 bits per heavy atom. The summed E-state index contributed by atoms with van der Waals surface area (Å²) in [5, 5.41) is 0.969. The van der Waals surface area contributed by atoms with E-state index in [0.29, 0.717) is 62.8 Å². The summed E-state index contributed by atoms with van der Waals surface area (Å²) in [4.78, 5) is 14.2. The standard InChI is InChI=1S/C22H21Cl2NO4S2/c1-3-27-18-12-14(13-19-21(26)25(2)22(30)31-19)11-16(24)20(18)29-10-6-9-28-17-8-5-4-7-15(17)23/h4-5,7-8,11-13H,3,6,9-10H2,1-2H3/b19-13-. The van der Waals surface area contributed by atoms with Crippen molar-refractivity contribution in [1.29, 1.82) is 0 Å². The van der Waals surface area contributed by atoms with Crippen LogP contribution >= 0.6 is 47.2 Å². The highest BCUT2D eigenvalue weighted by atomic mass is 35.5. The quantitative estimate of drug-likeness (QED) is 0.238. The Morgan fingerprint density at radius 2 is 1.81 bits per heavy atom. The van der Waals surface area contributed by atoms with Gasteiger partial charge < -0.3 is 14.2 Å². The van der Waals surface area contributed by atoms with E-state index in [1.54, 1.807) is 31.3 Å². The second-order valence-corrected chi connectivity index (χ2v) is 8.97. The maximum atomic E-state index is 12.2. The van der Waals surface area contributed by atoms with Gasteiger partial charge in [-0.1, -0.05) is 59.3 Å². The fourth-order valence-electron chi connectivity index (χ4n) is 2.75. The number of amides is 1. The van der Waals surface area contributed by atoms with Crippen LogP contribution in [0.4, 0.5) is 0 Å². The van der Waals surface area contributed by atoms with Crippen molar-refractivity contribution in [2.45, 2.75) is 13.3 Å². The fraction of sp³-hybridized carbons (Fsp3) is 0.273. The molecule has 0 unspecified atom stereocenters. The molecule has 0 atom stereocenters. The zero-order valence-electron chi connectivity index (χ0n) is 17.0. The fourth-order valence-corrected chi connectivity index (χ4v) is 4.39. The summed E-state index contributed by atoms with van der Waals surface area (Å²) >= 11 is 19.0. The van der Waals surface area contributed by atoms with Gasteiger partial charge in [-0.3, -0.25) is 9.69 Å². The van der Waals surface area contributed by atoms with E-state index < -0.39 is 0 Å². The van der Waals surface area contributed by atoms with Crippen LogP contribution in [0.3, 0.4) is 0 Å². The lowest BCUT2D eigenvalue weighted by molar-refractivity contribution is -0.121. The third kappa shape index (κ3) is 6.07. The summed E-state index contributed by atoms with van der Waals surface area (Å²) < 4.78 is 17.8. The Balaban J connectivity index is 1.66. The minimum Gasteiger partial charge on any atom is -0.492 e. The molecule has 0 radical (unpaired) electrons. The predicted molar refractivity (Wildman–Crippen MR) is 131 cm³/mol. The average Bonchev–Trinajstić information content (AvgIpc) is 2.97. The van der Waals surface area contributed by atoms with Crippen LogP contribution in [0.5, 0.6) is 17.2 Å². The maximum absolute atomic E-state index is 12.2. The zero-order valence-corrected chi connectivity index (χ0v) is 20.2. The first kappa shape index (κ1) is 23.7. The molecule has 31 heavy (non-hydrogen) atoms. The number of para-hydroxylation sites is 1. The Kier molecular flexibility index (Phi) is 8.49. The summed E-state index contributed by atoms with van der Waals surface area (Å²) in [7, 11) is 1.66. The summed E-state index contributed by atoms with van der Waals surface area (Å²) in [6.45, 7) is 3.16. The molecule has 2 aromatic rings. The summed E-state index contributed by atoms with van der Waals surface area (Å²) in [5.74, 6) is 1.48. The van der Waals surface area contributed by atoms with E-state index >= 15 is 0 Å². The van der Waals surface area contributed by atoms with Crippen molar-refractivity contribution >= 4 is 63.5 Å². The summed E-state index contributed by atoms with van der Waals surface area (Å²) in [5.41, 5.74) is 0.733. The van der Waals surface area contributed by atoms with Crippen molar-refractivity contribution in [2.24, 2.45) is 0 Å². The van der Waals surface area contributed by atoms with Gasteiger partial charge in [-0.2, -0.15) is 0 Å². The van der Waals surface area contributed by atoms with Crippen molar-refractivity contribution in [2.75, 3.05) is 26.9 Å². The molecule has 0 aliphatic carbocycles. The van der Waals surface area contributed by atoms with Crippen molar-refractivity contribution < 1.29 is 19.0 Å². The smallest absolute Gasteiger partial charge is 0.265 e. The van der Waals surface area contributed by atoms with Crippen LogP contribution in [0.1, 0.15) is 18.9 Å². The Labute approximate surface area is 201 Å². The van der Waals surface area contributed by atoms with Gasteiger partial charge in [0.05, 0.1) is 34.8 Å². The monoisotopic (exact) mass is 497 g/mol. The van der Waals surface area contributed by atoms with Crippen LogP contribution in [0.2, 0.25) is 10.0 Å². The first-order chi connectivity index (χ1) is 14.9. The number of halogens is 2. The number of hydrogen-bond donors (Lipinski definition) is 0. The van der Waals surface area contributed by atoms with E-state index in [9.17, 15) is 4.79 Å². The second kappa shape index (κ2) is 11.1. The number of rotatable bonds is 9. The van der Waals surface area contributed by atoms with Crippen molar-refractivity contribution in [3.8, 4) is 17.2 Å². The van der Waals surface area contributed by atoms with E-state index in [2.05, 4.69) is 0 Å². The molecule has 0 saturated carbocycles. The topological polar surface area (TPSA) is 48.0 Å². The molecule has 0 spiro atoms. The van der Waals surface area contributed by atoms with Crippen LogP contribution in [0.25, 0.3) is 6.08 Å². The lowest BCUT2D eigenvalue weighted by Gasteiger charge is -2.15. The lowest BCUT2D eigenvalue weighted by Crippen LogP contribution is -2.22. The van der Waals surface area contributed by atoms with Crippen LogP contribution in [-0.2, 0) is 4.79 Å². The van der Waals surface area contributed by atoms with Gasteiger partial charge in [-0.25, -0.2) is 0 Å². The Morgan fingerprint density at radius 3 is 2.48 bits per heavy atom. The number of thioether (sulfide) groups is 1. The van der Waals surface area contributed by atoms with Crippen molar-refractivity contribution in [3.05, 3.63) is 56.9 Å². The zero-order chi connectivity index (χ0) is 22.4. The van der Waals surface area contributed by atoms with Crippen LogP contribution in [-0.4, -0.2) is 42.0 Å². The third-order valence-electron chi connectivity index (χ3n) is 4.25. The van der Waals surface area contributed by atoms with Gasteiger partial charge in [0, 0.05) is 13.5 Å². The number of likely N-dealkylation sites (N-methyl/N-ethyl adjacent to an activating group) is 1. The second-order valence-electron chi connectivity index (χ2n) is 6.48. The predicted octanol–water partition coefficient (Wildman–Crippen LogP) is 6.07. The molecule has 1 heterocycles. The molecule has 0 bridgehead atoms. The molecule has 9 heteroatoms. The van der Waals surface area contributed by atoms with E-state index in [4.69, 9.17) is 49.6 Å². The van der Waals surface area contributed by atoms with E-state index in [0.717, 1.165) is 5.56 Å². The molecule has 3 rings (SSSR count). The van der Waals surface area contributed by atoms with Gasteiger partial charge in [0.25, 0.3) is 5.91 Å². The minimum absolute atomic E-state index is 0.136. The molecule has 0 aromatic heterocycles. The number of hydrogen-bond acceptors (Lipinski definition) is 6. The molecule has 5 nitrogen and oxygen atoms in total. The molecular weight excluding hydrogens is 477 g/mol. The molecule has 0 N–H and O–H groups in total. The number of thiocarbonyl (C=S) groups is 1. The number of ether oxygens (including phenoxy) is 3. The van der Waals surface area contributed by atoms with Gasteiger partial charge in [0.15, 0.2) is 11.5 Å². The highest BCUT2D eigenvalue weighted by Gasteiger charge is 2.28. The average molecular weight is 498 g/mol. The van der Waals surface area contributed by atoms with Crippen LogP contribution in [0, 0.1) is 0 Å². The molecule has 164 valence electrons. The first-order valence-electron chi connectivity index (χ1n) is 9.58. The minimum atomic E-state index is -0.136. The van der Waals surface area contributed by atoms with Gasteiger partial charge in [0.1, 0.15) is 10.1 Å². The van der Waals surface area contributed by atoms with Gasteiger partial charge in [-0.05, 0) is 42.8 Å². The van der Waals surface area contributed by atoms with E-state index in [-0.39, 0.29) is 5.91 Å². The molecule has 1 aliphatic heterocycles. The highest BCUT2D eigenvalue weighted by Crippen LogP contribution is 2.39. The molecule has 2 aromatic carbocycles. The first-order valence-corrected chi connectivity index (χ1v) is 11.6. The Hall–Kier alpha value is -1.93. The van der Waals surface area contributed by atoms with Gasteiger partial charge in [0.2, 0.25) is 0 Å². The highest BCUT2D eigenvalue weighted by molar-refractivity contribution is 8.26. The van der Waals surface area contributed by atoms with E-state index in [1.165, 1.54) is 16.7 Å². The summed E-state index contributed by atoms with van der Waals surface area (Å²) in [6.07, 6.45) is 2.38. The molecule has 1 aliphatic rings. The Bertz CT molecular complexity index is 1010. The van der Waals surface area contributed by atoms with Crippen molar-refractivity contribution in [1.82, 2.24) is 4.90 Å². The normalized spacial score (nSPS) is 15.0. The third-order valence-corrected chi connectivity index (χ3v) is 6.32.